The Labute approximate surface area is 222 Å². The number of terminal acetylenes is 1. The summed E-state index contributed by atoms with van der Waals surface area (Å²) >= 11 is 0. The molecule has 3 atom stereocenters. The van der Waals surface area contributed by atoms with Gasteiger partial charge in [-0.2, -0.15) is 0 Å². The van der Waals surface area contributed by atoms with E-state index >= 15 is 0 Å². The number of carbonyl (C=O) groups excluding carboxylic acids is 4. The summed E-state index contributed by atoms with van der Waals surface area (Å²) in [5.41, 5.74) is -0.888. The molecule has 0 saturated carbocycles. The van der Waals surface area contributed by atoms with Crippen LogP contribution in [0.5, 0.6) is 0 Å². The maximum atomic E-state index is 13.2. The van der Waals surface area contributed by atoms with E-state index in [4.69, 9.17) is 30.1 Å². The van der Waals surface area contributed by atoms with Crippen molar-refractivity contribution >= 4 is 29.6 Å². The lowest BCUT2D eigenvalue weighted by Crippen LogP contribution is -2.54. The Morgan fingerprint density at radius 3 is 2.37 bits per heavy atom. The molecule has 2 fully saturated rings. The van der Waals surface area contributed by atoms with Gasteiger partial charge in [0.25, 0.3) is 5.60 Å². The minimum absolute atomic E-state index is 0.00773. The summed E-state index contributed by atoms with van der Waals surface area (Å²) in [6.07, 6.45) is 4.91. The predicted molar refractivity (Wildman–Crippen MR) is 135 cm³/mol. The molecule has 0 radical (unpaired) electrons. The molecule has 2 saturated heterocycles. The third-order valence-corrected chi connectivity index (χ3v) is 6.22. The molecular weight excluding hydrogens is 496 g/mol. The molecule has 1 aromatic carbocycles. The minimum atomic E-state index is -2.14. The first kappa shape index (κ1) is 28.9. The van der Waals surface area contributed by atoms with E-state index in [-0.39, 0.29) is 38.7 Å². The third-order valence-electron chi connectivity index (χ3n) is 6.22. The smallest absolute Gasteiger partial charge is 0.350 e. The molecular formula is C27H34N2O9. The Kier molecular flexibility index (Phi) is 10.1. The molecule has 0 bridgehead atoms. The molecule has 3 rings (SSSR count). The van der Waals surface area contributed by atoms with E-state index in [0.29, 0.717) is 24.3 Å². The number of urea groups is 1. The first-order valence-electron chi connectivity index (χ1n) is 12.7. The molecule has 206 valence electrons. The lowest BCUT2D eigenvalue weighted by molar-refractivity contribution is -0.200. The highest BCUT2D eigenvalue weighted by Crippen LogP contribution is 2.31. The summed E-state index contributed by atoms with van der Waals surface area (Å²) in [6.45, 7) is 5.45. The zero-order chi connectivity index (χ0) is 27.7. The summed E-state index contributed by atoms with van der Waals surface area (Å²) < 4.78 is 27.4. The van der Waals surface area contributed by atoms with Gasteiger partial charge >= 0.3 is 23.9 Å². The second kappa shape index (κ2) is 13.3. The van der Waals surface area contributed by atoms with Crippen LogP contribution in [0.2, 0.25) is 0 Å². The molecule has 11 nitrogen and oxygen atoms in total. The van der Waals surface area contributed by atoms with Crippen molar-refractivity contribution in [2.24, 2.45) is 5.92 Å². The first-order valence-corrected chi connectivity index (χ1v) is 12.7. The number of anilines is 1. The van der Waals surface area contributed by atoms with Gasteiger partial charge in [-0.1, -0.05) is 12.1 Å². The average molecular weight is 531 g/mol. The van der Waals surface area contributed by atoms with Gasteiger partial charge in [-0.15, -0.1) is 12.3 Å². The molecule has 11 heteroatoms. The summed E-state index contributed by atoms with van der Waals surface area (Å²) in [6, 6.07) is 6.70. The van der Waals surface area contributed by atoms with Crippen molar-refractivity contribution < 1.29 is 42.9 Å². The van der Waals surface area contributed by atoms with Crippen LogP contribution in [0.1, 0.15) is 39.2 Å². The van der Waals surface area contributed by atoms with Gasteiger partial charge < -0.3 is 29.0 Å². The number of carbonyl (C=O) groups is 4. The number of nitrogens with zero attached hydrogens (tertiary/aromatic N) is 1. The van der Waals surface area contributed by atoms with E-state index in [1.165, 1.54) is 6.92 Å². The summed E-state index contributed by atoms with van der Waals surface area (Å²) in [7, 11) is 0. The molecule has 1 aromatic rings. The molecule has 1 N–H and O–H groups in total. The summed E-state index contributed by atoms with van der Waals surface area (Å²) in [5, 5.41) is 2.80. The van der Waals surface area contributed by atoms with E-state index < -0.39 is 41.8 Å². The minimum Gasteiger partial charge on any atom is -0.463 e. The maximum Gasteiger partial charge on any atom is 0.350 e. The van der Waals surface area contributed by atoms with Crippen molar-refractivity contribution in [2.75, 3.05) is 37.8 Å². The van der Waals surface area contributed by atoms with Crippen molar-refractivity contribution in [3.63, 3.8) is 0 Å². The van der Waals surface area contributed by atoms with Crippen LogP contribution in [-0.4, -0.2) is 74.8 Å². The molecule has 0 aliphatic carbocycles. The third kappa shape index (κ3) is 6.82. The van der Waals surface area contributed by atoms with Gasteiger partial charge in [0.15, 0.2) is 0 Å². The molecule has 3 unspecified atom stereocenters. The van der Waals surface area contributed by atoms with Crippen LogP contribution in [0, 0.1) is 18.3 Å². The van der Waals surface area contributed by atoms with Crippen molar-refractivity contribution in [2.45, 2.75) is 58.0 Å². The molecule has 2 aliphatic heterocycles. The van der Waals surface area contributed by atoms with E-state index in [2.05, 4.69) is 11.2 Å². The lowest BCUT2D eigenvalue weighted by Gasteiger charge is -2.31. The van der Waals surface area contributed by atoms with Gasteiger partial charge in [-0.3, -0.25) is 9.69 Å². The average Bonchev–Trinajstić information content (AvgIpc) is 3.28. The van der Waals surface area contributed by atoms with Crippen molar-refractivity contribution in [3.8, 4) is 12.3 Å². The van der Waals surface area contributed by atoms with Gasteiger partial charge in [0.1, 0.15) is 0 Å². The fourth-order valence-electron chi connectivity index (χ4n) is 4.37. The second-order valence-corrected chi connectivity index (χ2v) is 8.88. The van der Waals surface area contributed by atoms with Crippen molar-refractivity contribution in [1.29, 1.82) is 0 Å². The molecule has 38 heavy (non-hydrogen) atoms. The highest BCUT2D eigenvalue weighted by molar-refractivity contribution is 6.04. The Morgan fingerprint density at radius 2 is 1.82 bits per heavy atom. The largest absolute Gasteiger partial charge is 0.463 e. The van der Waals surface area contributed by atoms with Crippen LogP contribution in [0.15, 0.2) is 24.3 Å². The number of benzene rings is 1. The lowest BCUT2D eigenvalue weighted by atomic mass is 9.93. The highest BCUT2D eigenvalue weighted by Gasteiger charge is 2.52. The molecule has 2 amide bonds. The normalized spacial score (nSPS) is 21.3. The number of amides is 2. The number of esters is 3. The summed E-state index contributed by atoms with van der Waals surface area (Å²) in [4.78, 5) is 51.7. The Morgan fingerprint density at radius 1 is 1.16 bits per heavy atom. The molecule has 2 aliphatic rings. The maximum absolute atomic E-state index is 13.2. The Hall–Kier alpha value is -3.62. The van der Waals surface area contributed by atoms with Crippen LogP contribution in [0.3, 0.4) is 0 Å². The van der Waals surface area contributed by atoms with Gasteiger partial charge in [0.2, 0.25) is 6.29 Å². The standard InChI is InChI=1S/C27H34N2O9/c1-5-20-15-23(37-18(4)30)38-22(20)17-36-27(24(31)34-6-2,25(32)35-7-3)16-19-9-11-21(12-10-19)29-14-8-13-28-26(29)33/h1,9-12,20,22-23H,6-8,13-17H2,2-4H3,(H,28,33). The number of hydrogen-bond donors (Lipinski definition) is 1. The zero-order valence-corrected chi connectivity index (χ0v) is 21.9. The fraction of sp³-hybridized carbons (Fsp3) is 0.556. The molecule has 0 spiro atoms. The predicted octanol–water partition coefficient (Wildman–Crippen LogP) is 1.96. The van der Waals surface area contributed by atoms with E-state index in [1.807, 2.05) is 0 Å². The number of ether oxygens (including phenoxy) is 5. The Bertz CT molecular complexity index is 1030. The Balaban J connectivity index is 1.86. The SMILES string of the molecule is C#CC1CC(OC(C)=O)OC1COC(Cc1ccc(N2CCCNC2=O)cc1)(C(=O)OCC)C(=O)OCC. The van der Waals surface area contributed by atoms with Crippen molar-refractivity contribution in [1.82, 2.24) is 5.32 Å². The van der Waals surface area contributed by atoms with Crippen molar-refractivity contribution in [3.05, 3.63) is 29.8 Å². The van der Waals surface area contributed by atoms with Crippen LogP contribution in [-0.2, 0) is 44.5 Å². The van der Waals surface area contributed by atoms with Crippen LogP contribution in [0.4, 0.5) is 10.5 Å². The first-order chi connectivity index (χ1) is 18.2. The quantitative estimate of drug-likeness (QED) is 0.197. The van der Waals surface area contributed by atoms with Gasteiger partial charge in [0.05, 0.1) is 31.8 Å². The van der Waals surface area contributed by atoms with Gasteiger partial charge in [-0.25, -0.2) is 14.4 Å². The second-order valence-electron chi connectivity index (χ2n) is 8.88. The van der Waals surface area contributed by atoms with E-state index in [0.717, 1.165) is 6.42 Å². The fourth-order valence-corrected chi connectivity index (χ4v) is 4.37. The van der Waals surface area contributed by atoms with E-state index in [9.17, 15) is 19.2 Å². The number of hydrogen-bond acceptors (Lipinski definition) is 9. The molecule has 2 heterocycles. The van der Waals surface area contributed by atoms with Crippen LogP contribution >= 0.6 is 0 Å². The summed E-state index contributed by atoms with van der Waals surface area (Å²) in [5.74, 6) is -0.236. The van der Waals surface area contributed by atoms with Crippen LogP contribution in [0.25, 0.3) is 0 Å². The number of nitrogens with one attached hydrogen (secondary N) is 1. The topological polar surface area (TPSA) is 130 Å². The zero-order valence-electron chi connectivity index (χ0n) is 21.9. The number of rotatable bonds is 11. The highest BCUT2D eigenvalue weighted by atomic mass is 16.7. The molecule has 0 aromatic heterocycles. The van der Waals surface area contributed by atoms with Crippen LogP contribution < -0.4 is 10.2 Å². The monoisotopic (exact) mass is 530 g/mol. The van der Waals surface area contributed by atoms with Gasteiger partial charge in [0, 0.05) is 38.5 Å². The van der Waals surface area contributed by atoms with Gasteiger partial charge in [-0.05, 0) is 38.0 Å². The van der Waals surface area contributed by atoms with E-state index in [1.54, 1.807) is 43.0 Å².